The minimum Gasteiger partial charge on any atom is -0.497 e. The van der Waals surface area contributed by atoms with Gasteiger partial charge in [-0.2, -0.15) is 0 Å². The molecule has 1 N–H and O–H groups in total. The first-order valence-electron chi connectivity index (χ1n) is 12.4. The molecule has 5 nitrogen and oxygen atoms in total. The van der Waals surface area contributed by atoms with Crippen molar-refractivity contribution in [1.29, 1.82) is 0 Å². The summed E-state index contributed by atoms with van der Waals surface area (Å²) in [6.45, 7) is 2.28. The Hall–Kier alpha value is -2.06. The average Bonchev–Trinajstić information content (AvgIpc) is 2.90. The number of aromatic nitrogens is 1. The second-order valence-electron chi connectivity index (χ2n) is 9.47. The Morgan fingerprint density at radius 3 is 2.68 bits per heavy atom. The molecule has 3 aromatic rings. The summed E-state index contributed by atoms with van der Waals surface area (Å²) >= 11 is 14.3. The van der Waals surface area contributed by atoms with Gasteiger partial charge >= 0.3 is 5.97 Å². The Labute approximate surface area is 231 Å². The molecule has 0 unspecified atom stereocenters. The molecule has 1 saturated heterocycles. The number of methoxy groups -OCH3 is 1. The summed E-state index contributed by atoms with van der Waals surface area (Å²) < 4.78 is 20.9. The van der Waals surface area contributed by atoms with Gasteiger partial charge in [-0.15, -0.1) is 11.8 Å². The van der Waals surface area contributed by atoms with Gasteiger partial charge in [0.15, 0.2) is 0 Å². The van der Waals surface area contributed by atoms with Gasteiger partial charge in [-0.3, -0.25) is 9.78 Å². The number of thioether (sulfide) groups is 1. The molecule has 0 spiro atoms. The Kier molecular flexibility index (Phi) is 9.57. The molecule has 198 valence electrons. The lowest BCUT2D eigenvalue weighted by molar-refractivity contribution is -0.153. The number of carboxylic acid groups (broad SMARTS) is 1. The number of hydrogen-bond acceptors (Lipinski definition) is 5. The van der Waals surface area contributed by atoms with Gasteiger partial charge in [0.2, 0.25) is 0 Å². The van der Waals surface area contributed by atoms with Crippen molar-refractivity contribution in [1.82, 2.24) is 9.88 Å². The maximum absolute atomic E-state index is 15.6. The van der Waals surface area contributed by atoms with Crippen LogP contribution in [0.5, 0.6) is 5.75 Å². The molecule has 37 heavy (non-hydrogen) atoms. The Bertz CT molecular complexity index is 1240. The number of rotatable bonds is 11. The number of ether oxygens (including phenoxy) is 1. The second-order valence-corrected chi connectivity index (χ2v) is 11.4. The van der Waals surface area contributed by atoms with Crippen molar-refractivity contribution in [3.8, 4) is 5.75 Å². The van der Waals surface area contributed by atoms with Crippen LogP contribution < -0.4 is 4.74 Å². The standard InChI is InChI=1S/C28H31Cl2FN2O3S/c1-36-19-7-8-24-20(17-19)26(22(30)18-32-24)23(31)9-10-28(27(34)35)11-14-33(15-12-28)13-4-16-37-25-6-3-2-5-21(25)29/h2-3,5-8,17-18,23H,4,9-16H2,1H3,(H,34,35)/t23-/m1/s1. The van der Waals surface area contributed by atoms with Crippen molar-refractivity contribution >= 4 is 51.8 Å². The summed E-state index contributed by atoms with van der Waals surface area (Å²) in [4.78, 5) is 20.0. The molecular formula is C28H31Cl2FN2O3S. The fourth-order valence-electron chi connectivity index (χ4n) is 4.97. The minimum absolute atomic E-state index is 0.0802. The maximum atomic E-state index is 15.6. The van der Waals surface area contributed by atoms with Crippen molar-refractivity contribution in [3.63, 3.8) is 0 Å². The van der Waals surface area contributed by atoms with Gasteiger partial charge in [-0.05, 0) is 87.8 Å². The van der Waals surface area contributed by atoms with Crippen molar-refractivity contribution in [2.24, 2.45) is 5.41 Å². The highest BCUT2D eigenvalue weighted by molar-refractivity contribution is 7.99. The van der Waals surface area contributed by atoms with Gasteiger partial charge in [-0.25, -0.2) is 4.39 Å². The van der Waals surface area contributed by atoms with Crippen LogP contribution in [0.25, 0.3) is 10.9 Å². The van der Waals surface area contributed by atoms with Crippen LogP contribution in [0.3, 0.4) is 0 Å². The molecule has 1 fully saturated rings. The number of alkyl halides is 1. The molecule has 0 bridgehead atoms. The van der Waals surface area contributed by atoms with Crippen LogP contribution >= 0.6 is 35.0 Å². The Morgan fingerprint density at radius 1 is 1.22 bits per heavy atom. The van der Waals surface area contributed by atoms with E-state index in [1.807, 2.05) is 24.3 Å². The summed E-state index contributed by atoms with van der Waals surface area (Å²) in [5.74, 6) is 0.685. The maximum Gasteiger partial charge on any atom is 0.309 e. The zero-order valence-electron chi connectivity index (χ0n) is 20.8. The van der Waals surface area contributed by atoms with Crippen LogP contribution in [0.2, 0.25) is 10.0 Å². The fraction of sp³-hybridized carbons (Fsp3) is 0.429. The summed E-state index contributed by atoms with van der Waals surface area (Å²) in [6, 6.07) is 13.1. The van der Waals surface area contributed by atoms with Gasteiger partial charge in [0, 0.05) is 22.0 Å². The minimum atomic E-state index is -1.40. The fourth-order valence-corrected chi connectivity index (χ4v) is 6.41. The van der Waals surface area contributed by atoms with Gasteiger partial charge < -0.3 is 14.7 Å². The van der Waals surface area contributed by atoms with E-state index in [1.54, 1.807) is 37.1 Å². The average molecular weight is 566 g/mol. The van der Waals surface area contributed by atoms with Crippen molar-refractivity contribution in [2.75, 3.05) is 32.5 Å². The monoisotopic (exact) mass is 564 g/mol. The normalized spacial score (nSPS) is 16.5. The molecule has 2 heterocycles. The van der Waals surface area contributed by atoms with Crippen molar-refractivity contribution in [3.05, 3.63) is 64.3 Å². The first-order valence-corrected chi connectivity index (χ1v) is 14.2. The van der Waals surface area contributed by atoms with E-state index in [0.29, 0.717) is 48.1 Å². The number of fused-ring (bicyclic) bond motifs is 1. The molecular weight excluding hydrogens is 534 g/mol. The lowest BCUT2D eigenvalue weighted by Crippen LogP contribution is -2.44. The number of hydrogen-bond donors (Lipinski definition) is 1. The third kappa shape index (κ3) is 6.69. The summed E-state index contributed by atoms with van der Waals surface area (Å²) in [7, 11) is 1.55. The number of pyridine rings is 1. The Morgan fingerprint density at radius 2 is 1.97 bits per heavy atom. The van der Waals surface area contributed by atoms with Gasteiger partial charge in [0.1, 0.15) is 11.9 Å². The first kappa shape index (κ1) is 28.0. The van der Waals surface area contributed by atoms with E-state index >= 15 is 4.39 Å². The van der Waals surface area contributed by atoms with E-state index < -0.39 is 17.6 Å². The molecule has 0 radical (unpaired) electrons. The number of likely N-dealkylation sites (tertiary alicyclic amines) is 1. The van der Waals surface area contributed by atoms with Crippen molar-refractivity contribution in [2.45, 2.75) is 43.2 Å². The van der Waals surface area contributed by atoms with E-state index in [-0.39, 0.29) is 17.9 Å². The van der Waals surface area contributed by atoms with Crippen LogP contribution in [0.15, 0.2) is 53.6 Å². The highest BCUT2D eigenvalue weighted by Crippen LogP contribution is 2.42. The third-order valence-electron chi connectivity index (χ3n) is 7.24. The number of aliphatic carboxylic acids is 1. The van der Waals surface area contributed by atoms with E-state index in [4.69, 9.17) is 27.9 Å². The highest BCUT2D eigenvalue weighted by Gasteiger charge is 2.41. The van der Waals surface area contributed by atoms with Gasteiger partial charge in [-0.1, -0.05) is 35.3 Å². The predicted molar refractivity (Wildman–Crippen MR) is 149 cm³/mol. The van der Waals surface area contributed by atoms with E-state index in [9.17, 15) is 9.90 Å². The van der Waals surface area contributed by atoms with Crippen molar-refractivity contribution < 1.29 is 19.0 Å². The first-order chi connectivity index (χ1) is 17.8. The highest BCUT2D eigenvalue weighted by atomic mass is 35.5. The number of piperidine rings is 1. The quantitative estimate of drug-likeness (QED) is 0.190. The largest absolute Gasteiger partial charge is 0.497 e. The second kappa shape index (κ2) is 12.7. The van der Waals surface area contributed by atoms with Gasteiger partial charge in [0.05, 0.1) is 28.1 Å². The zero-order chi connectivity index (χ0) is 26.4. The molecule has 0 saturated carbocycles. The number of halogens is 3. The van der Waals surface area contributed by atoms with Crippen LogP contribution in [0.1, 0.15) is 43.8 Å². The third-order valence-corrected chi connectivity index (χ3v) is 9.14. The molecule has 1 aliphatic rings. The Balaban J connectivity index is 1.33. The summed E-state index contributed by atoms with van der Waals surface area (Å²) in [5.41, 5.74) is 0.0385. The smallest absolute Gasteiger partial charge is 0.309 e. The van der Waals surface area contributed by atoms with Crippen LogP contribution in [0.4, 0.5) is 4.39 Å². The van der Waals surface area contributed by atoms with Gasteiger partial charge in [0.25, 0.3) is 0 Å². The lowest BCUT2D eigenvalue weighted by atomic mass is 9.74. The molecule has 4 rings (SSSR count). The topological polar surface area (TPSA) is 62.7 Å². The molecule has 1 aliphatic heterocycles. The van der Waals surface area contributed by atoms with E-state index in [2.05, 4.69) is 9.88 Å². The molecule has 9 heteroatoms. The van der Waals surface area contributed by atoms with Crippen LogP contribution in [-0.4, -0.2) is 53.5 Å². The SMILES string of the molecule is COc1ccc2ncc(Cl)c([C@H](F)CCC3(C(=O)O)CCN(CCCSc4ccccc4Cl)CC3)c2c1. The molecule has 0 aliphatic carbocycles. The predicted octanol–water partition coefficient (Wildman–Crippen LogP) is 7.69. The molecule has 2 aromatic carbocycles. The molecule has 1 aromatic heterocycles. The lowest BCUT2D eigenvalue weighted by Gasteiger charge is -2.39. The number of carbonyl (C=O) groups is 1. The summed E-state index contributed by atoms with van der Waals surface area (Å²) in [6.07, 6.45) is 2.38. The summed E-state index contributed by atoms with van der Waals surface area (Å²) in [5, 5.41) is 11.7. The molecule has 1 atom stereocenters. The number of nitrogens with zero attached hydrogens (tertiary/aromatic N) is 2. The van der Waals surface area contributed by atoms with Crippen LogP contribution in [0, 0.1) is 5.41 Å². The van der Waals surface area contributed by atoms with E-state index in [1.165, 1.54) is 6.20 Å². The van der Waals surface area contributed by atoms with E-state index in [0.717, 1.165) is 28.6 Å². The van der Waals surface area contributed by atoms with Crippen LogP contribution in [-0.2, 0) is 4.79 Å². The number of benzene rings is 2. The zero-order valence-corrected chi connectivity index (χ0v) is 23.1. The molecule has 0 amide bonds. The number of carboxylic acids is 1.